The molecule has 0 aliphatic carbocycles. The second-order valence-electron chi connectivity index (χ2n) is 5.01. The predicted molar refractivity (Wildman–Crippen MR) is 84.1 cm³/mol. The Morgan fingerprint density at radius 3 is 2.65 bits per heavy atom. The average Bonchev–Trinajstić information content (AvgIpc) is 2.42. The second-order valence-corrected chi connectivity index (χ2v) is 5.69. The summed E-state index contributed by atoms with van der Waals surface area (Å²) in [6.45, 7) is 6.19. The summed E-state index contributed by atoms with van der Waals surface area (Å²) >= 11 is 12.2. The Morgan fingerprint density at radius 1 is 1.25 bits per heavy atom. The number of rotatable bonds is 4. The number of hydrogen-bond donors (Lipinski definition) is 0. The van der Waals surface area contributed by atoms with E-state index in [0.717, 1.165) is 27.5 Å². The van der Waals surface area contributed by atoms with Crippen LogP contribution in [0.5, 0.6) is 11.5 Å². The summed E-state index contributed by atoms with van der Waals surface area (Å²) < 4.78 is 5.97. The van der Waals surface area contributed by atoms with E-state index < -0.39 is 0 Å². The Labute approximate surface area is 129 Å². The minimum Gasteiger partial charge on any atom is -0.455 e. The third-order valence-corrected chi connectivity index (χ3v) is 3.77. The lowest BCUT2D eigenvalue weighted by Gasteiger charge is -2.15. The molecule has 1 aromatic heterocycles. The van der Waals surface area contributed by atoms with Gasteiger partial charge in [-0.3, -0.25) is 4.98 Å². The first-order valence-corrected chi connectivity index (χ1v) is 7.41. The minimum atomic E-state index is 0.340. The number of hydrogen-bond acceptors (Lipinski definition) is 2. The lowest BCUT2D eigenvalue weighted by Crippen LogP contribution is -1.96. The summed E-state index contributed by atoms with van der Waals surface area (Å²) in [6, 6.07) is 5.78. The molecule has 0 amide bonds. The summed E-state index contributed by atoms with van der Waals surface area (Å²) in [5.41, 5.74) is 2.98. The number of benzene rings is 1. The maximum absolute atomic E-state index is 6.27. The van der Waals surface area contributed by atoms with Crippen LogP contribution < -0.4 is 4.74 Å². The Bertz CT molecular complexity index is 611. The molecule has 0 bridgehead atoms. The van der Waals surface area contributed by atoms with Crippen molar-refractivity contribution in [1.29, 1.82) is 0 Å². The normalized spacial score (nSPS) is 10.9. The third kappa shape index (κ3) is 3.25. The van der Waals surface area contributed by atoms with Gasteiger partial charge in [-0.2, -0.15) is 0 Å². The smallest absolute Gasteiger partial charge is 0.150 e. The number of aryl methyl sites for hydroxylation is 1. The summed E-state index contributed by atoms with van der Waals surface area (Å²) in [7, 11) is 0. The second kappa shape index (κ2) is 6.47. The Balaban J connectivity index is 2.40. The van der Waals surface area contributed by atoms with Crippen LogP contribution in [-0.2, 0) is 5.88 Å². The fourth-order valence-electron chi connectivity index (χ4n) is 1.95. The minimum absolute atomic E-state index is 0.340. The van der Waals surface area contributed by atoms with E-state index in [1.165, 1.54) is 0 Å². The SMILES string of the molecule is Cc1cc(Cl)c(C(C)C)cc1Oc1cnccc1CCl. The molecule has 2 nitrogen and oxygen atoms in total. The highest BCUT2D eigenvalue weighted by atomic mass is 35.5. The fourth-order valence-corrected chi connectivity index (χ4v) is 2.61. The zero-order valence-electron chi connectivity index (χ0n) is 11.8. The molecular formula is C16H17Cl2NO. The fraction of sp³-hybridized carbons (Fsp3) is 0.312. The van der Waals surface area contributed by atoms with Crippen LogP contribution in [0.1, 0.15) is 36.5 Å². The molecule has 0 fully saturated rings. The first kappa shape index (κ1) is 15.1. The number of pyridine rings is 1. The van der Waals surface area contributed by atoms with Crippen molar-refractivity contribution in [2.24, 2.45) is 0 Å². The van der Waals surface area contributed by atoms with Gasteiger partial charge in [0.2, 0.25) is 0 Å². The van der Waals surface area contributed by atoms with Crippen molar-refractivity contribution >= 4 is 23.2 Å². The number of nitrogens with zero attached hydrogens (tertiary/aromatic N) is 1. The lowest BCUT2D eigenvalue weighted by atomic mass is 10.0. The van der Waals surface area contributed by atoms with Gasteiger partial charge in [0, 0.05) is 16.8 Å². The predicted octanol–water partition coefficient (Wildman–Crippen LogP) is 5.70. The summed E-state index contributed by atoms with van der Waals surface area (Å²) in [5.74, 6) is 2.20. The molecule has 4 heteroatoms. The molecule has 0 atom stereocenters. The van der Waals surface area contributed by atoms with Crippen LogP contribution in [0.3, 0.4) is 0 Å². The van der Waals surface area contributed by atoms with Crippen molar-refractivity contribution in [1.82, 2.24) is 4.98 Å². The van der Waals surface area contributed by atoms with E-state index in [9.17, 15) is 0 Å². The molecule has 106 valence electrons. The van der Waals surface area contributed by atoms with Crippen LogP contribution in [0.2, 0.25) is 5.02 Å². The van der Waals surface area contributed by atoms with Crippen molar-refractivity contribution < 1.29 is 4.74 Å². The summed E-state index contributed by atoms with van der Waals surface area (Å²) in [4.78, 5) is 4.08. The van der Waals surface area contributed by atoms with Crippen LogP contribution in [0.4, 0.5) is 0 Å². The van der Waals surface area contributed by atoms with E-state index in [1.807, 2.05) is 25.1 Å². The van der Waals surface area contributed by atoms with E-state index in [-0.39, 0.29) is 0 Å². The monoisotopic (exact) mass is 309 g/mol. The van der Waals surface area contributed by atoms with Gasteiger partial charge in [-0.1, -0.05) is 25.4 Å². The highest BCUT2D eigenvalue weighted by molar-refractivity contribution is 6.31. The zero-order chi connectivity index (χ0) is 14.7. The highest BCUT2D eigenvalue weighted by Crippen LogP contribution is 2.34. The molecule has 0 spiro atoms. The Hall–Kier alpha value is -1.25. The van der Waals surface area contributed by atoms with E-state index in [1.54, 1.807) is 12.4 Å². The van der Waals surface area contributed by atoms with Crippen molar-refractivity contribution in [2.45, 2.75) is 32.6 Å². The number of ether oxygens (including phenoxy) is 1. The first-order chi connectivity index (χ1) is 9.52. The van der Waals surface area contributed by atoms with Crippen LogP contribution in [-0.4, -0.2) is 4.98 Å². The number of alkyl halides is 1. The average molecular weight is 310 g/mol. The van der Waals surface area contributed by atoms with Crippen molar-refractivity contribution in [3.8, 4) is 11.5 Å². The molecule has 0 unspecified atom stereocenters. The van der Waals surface area contributed by atoms with Gasteiger partial charge in [-0.05, 0) is 42.2 Å². The maximum atomic E-state index is 6.27. The standard InChI is InChI=1S/C16H17Cl2NO/c1-10(2)13-7-15(11(3)6-14(13)18)20-16-9-19-5-4-12(16)8-17/h4-7,9-10H,8H2,1-3H3. The van der Waals surface area contributed by atoms with E-state index in [2.05, 4.69) is 18.8 Å². The molecule has 0 aliphatic heterocycles. The van der Waals surface area contributed by atoms with Crippen molar-refractivity contribution in [3.05, 3.63) is 52.3 Å². The van der Waals surface area contributed by atoms with Gasteiger partial charge in [0.15, 0.2) is 0 Å². The van der Waals surface area contributed by atoms with Crippen LogP contribution in [0.25, 0.3) is 0 Å². The molecule has 0 saturated carbocycles. The van der Waals surface area contributed by atoms with Gasteiger partial charge < -0.3 is 4.74 Å². The summed E-state index contributed by atoms with van der Waals surface area (Å²) in [5, 5.41) is 0.772. The van der Waals surface area contributed by atoms with E-state index in [4.69, 9.17) is 27.9 Å². The molecule has 0 radical (unpaired) electrons. The molecule has 1 heterocycles. The largest absolute Gasteiger partial charge is 0.455 e. The van der Waals surface area contributed by atoms with Crippen molar-refractivity contribution in [3.63, 3.8) is 0 Å². The molecule has 2 rings (SSSR count). The third-order valence-electron chi connectivity index (χ3n) is 3.15. The lowest BCUT2D eigenvalue weighted by molar-refractivity contribution is 0.471. The van der Waals surface area contributed by atoms with Gasteiger partial charge in [0.1, 0.15) is 11.5 Å². The maximum Gasteiger partial charge on any atom is 0.150 e. The van der Waals surface area contributed by atoms with Crippen LogP contribution >= 0.6 is 23.2 Å². The molecular weight excluding hydrogens is 293 g/mol. The van der Waals surface area contributed by atoms with Gasteiger partial charge >= 0.3 is 0 Å². The van der Waals surface area contributed by atoms with E-state index in [0.29, 0.717) is 17.5 Å². The molecule has 1 aromatic carbocycles. The van der Waals surface area contributed by atoms with Gasteiger partial charge in [0.25, 0.3) is 0 Å². The topological polar surface area (TPSA) is 22.1 Å². The Kier molecular flexibility index (Phi) is 4.90. The summed E-state index contributed by atoms with van der Waals surface area (Å²) in [6.07, 6.45) is 3.39. The molecule has 0 saturated heterocycles. The number of halogens is 2. The highest BCUT2D eigenvalue weighted by Gasteiger charge is 2.12. The number of aromatic nitrogens is 1. The molecule has 2 aromatic rings. The molecule has 0 N–H and O–H groups in total. The zero-order valence-corrected chi connectivity index (χ0v) is 13.3. The van der Waals surface area contributed by atoms with Crippen molar-refractivity contribution in [2.75, 3.05) is 0 Å². The first-order valence-electron chi connectivity index (χ1n) is 6.49. The van der Waals surface area contributed by atoms with Crippen LogP contribution in [0.15, 0.2) is 30.6 Å². The quantitative estimate of drug-likeness (QED) is 0.676. The van der Waals surface area contributed by atoms with Gasteiger partial charge in [-0.25, -0.2) is 0 Å². The van der Waals surface area contributed by atoms with Gasteiger partial charge in [0.05, 0.1) is 12.1 Å². The Morgan fingerprint density at radius 2 is 2.00 bits per heavy atom. The van der Waals surface area contributed by atoms with E-state index >= 15 is 0 Å². The van der Waals surface area contributed by atoms with Gasteiger partial charge in [-0.15, -0.1) is 11.6 Å². The molecule has 20 heavy (non-hydrogen) atoms. The molecule has 0 aliphatic rings. The van der Waals surface area contributed by atoms with Crippen LogP contribution in [0, 0.1) is 6.92 Å².